The minimum Gasteiger partial charge on any atom is -0.300 e. The van der Waals surface area contributed by atoms with Gasteiger partial charge >= 0.3 is 0 Å². The Kier molecular flexibility index (Phi) is 6.06. The van der Waals surface area contributed by atoms with Crippen molar-refractivity contribution in [2.24, 2.45) is 0 Å². The fraction of sp³-hybridized carbons (Fsp3) is 1.00. The second-order valence-electron chi connectivity index (χ2n) is 7.97. The second-order valence-corrected chi connectivity index (χ2v) is 7.97. The molecule has 0 amide bonds. The van der Waals surface area contributed by atoms with E-state index in [0.717, 1.165) is 0 Å². The van der Waals surface area contributed by atoms with Crippen LogP contribution < -0.4 is 0 Å². The van der Waals surface area contributed by atoms with E-state index in [1.807, 2.05) is 0 Å². The van der Waals surface area contributed by atoms with Crippen molar-refractivity contribution in [2.45, 2.75) is 46.2 Å². The number of nitrogens with zero attached hydrogens (tertiary/aromatic N) is 4. The van der Waals surface area contributed by atoms with Gasteiger partial charge in [-0.1, -0.05) is 0 Å². The van der Waals surface area contributed by atoms with Gasteiger partial charge in [0.05, 0.1) is 0 Å². The molecule has 4 nitrogen and oxygen atoms in total. The standard InChI is InChI=1S/C17H36N4/c1-16(2)20-12-8-18(9-13-20)6-7-19-10-14-21(15-11-19)17(3,4)5/h16H,6-15H2,1-5H3. The first-order valence-corrected chi connectivity index (χ1v) is 8.80. The molecule has 2 fully saturated rings. The third kappa shape index (κ3) is 5.20. The number of hydrogen-bond donors (Lipinski definition) is 0. The van der Waals surface area contributed by atoms with Crippen LogP contribution in [0.1, 0.15) is 34.6 Å². The van der Waals surface area contributed by atoms with Crippen molar-refractivity contribution in [3.05, 3.63) is 0 Å². The summed E-state index contributed by atoms with van der Waals surface area (Å²) >= 11 is 0. The molecular formula is C17H36N4. The molecule has 4 heteroatoms. The number of hydrogen-bond acceptors (Lipinski definition) is 4. The van der Waals surface area contributed by atoms with E-state index in [0.29, 0.717) is 11.6 Å². The molecule has 0 spiro atoms. The molecule has 0 bridgehead atoms. The molecule has 0 aromatic carbocycles. The number of piperazine rings is 2. The predicted molar refractivity (Wildman–Crippen MR) is 90.9 cm³/mol. The topological polar surface area (TPSA) is 13.0 Å². The average molecular weight is 297 g/mol. The Morgan fingerprint density at radius 1 is 0.714 bits per heavy atom. The van der Waals surface area contributed by atoms with Crippen molar-refractivity contribution in [3.8, 4) is 0 Å². The Bertz CT molecular complexity index is 294. The molecule has 0 unspecified atom stereocenters. The molecule has 0 aliphatic carbocycles. The molecule has 2 saturated heterocycles. The van der Waals surface area contributed by atoms with Gasteiger partial charge in [0.1, 0.15) is 0 Å². The summed E-state index contributed by atoms with van der Waals surface area (Å²) in [6, 6.07) is 0.706. The van der Waals surface area contributed by atoms with Crippen molar-refractivity contribution < 1.29 is 0 Å². The van der Waals surface area contributed by atoms with Gasteiger partial charge in [-0.05, 0) is 34.6 Å². The van der Waals surface area contributed by atoms with Crippen LogP contribution in [0.3, 0.4) is 0 Å². The van der Waals surface area contributed by atoms with Crippen molar-refractivity contribution in [2.75, 3.05) is 65.4 Å². The maximum atomic E-state index is 2.65. The van der Waals surface area contributed by atoms with E-state index in [-0.39, 0.29) is 0 Å². The summed E-state index contributed by atoms with van der Waals surface area (Å²) in [5, 5.41) is 0. The van der Waals surface area contributed by atoms with Crippen molar-refractivity contribution >= 4 is 0 Å². The highest BCUT2D eigenvalue weighted by molar-refractivity contribution is 4.82. The minimum absolute atomic E-state index is 0.333. The van der Waals surface area contributed by atoms with E-state index in [2.05, 4.69) is 54.2 Å². The molecule has 124 valence electrons. The average Bonchev–Trinajstić information content (AvgIpc) is 2.45. The van der Waals surface area contributed by atoms with Gasteiger partial charge in [0.15, 0.2) is 0 Å². The van der Waals surface area contributed by atoms with Gasteiger partial charge < -0.3 is 0 Å². The first kappa shape index (κ1) is 17.2. The highest BCUT2D eigenvalue weighted by Crippen LogP contribution is 2.15. The molecule has 0 radical (unpaired) electrons. The zero-order chi connectivity index (χ0) is 15.5. The van der Waals surface area contributed by atoms with Crippen LogP contribution in [-0.4, -0.2) is 96.6 Å². The van der Waals surface area contributed by atoms with Crippen molar-refractivity contribution in [1.29, 1.82) is 0 Å². The smallest absolute Gasteiger partial charge is 0.0126 e. The van der Waals surface area contributed by atoms with Gasteiger partial charge in [0.25, 0.3) is 0 Å². The largest absolute Gasteiger partial charge is 0.300 e. The van der Waals surface area contributed by atoms with Crippen LogP contribution in [0.5, 0.6) is 0 Å². The molecular weight excluding hydrogens is 260 g/mol. The van der Waals surface area contributed by atoms with Crippen LogP contribution in [0, 0.1) is 0 Å². The molecule has 0 N–H and O–H groups in total. The zero-order valence-corrected chi connectivity index (χ0v) is 14.9. The Labute approximate surface area is 132 Å². The lowest BCUT2D eigenvalue weighted by Crippen LogP contribution is -2.55. The molecule has 0 saturated carbocycles. The fourth-order valence-corrected chi connectivity index (χ4v) is 3.43. The normalized spacial score (nSPS) is 24.9. The SMILES string of the molecule is CC(C)N1CCN(CCN2CCN(C(C)(C)C)CC2)CC1. The summed E-state index contributed by atoms with van der Waals surface area (Å²) in [5.74, 6) is 0. The molecule has 2 aliphatic heterocycles. The van der Waals surface area contributed by atoms with Crippen LogP contribution in [0.4, 0.5) is 0 Å². The van der Waals surface area contributed by atoms with Gasteiger partial charge in [-0.3, -0.25) is 19.6 Å². The molecule has 2 rings (SSSR count). The lowest BCUT2D eigenvalue weighted by molar-refractivity contribution is 0.0504. The fourth-order valence-electron chi connectivity index (χ4n) is 3.43. The second kappa shape index (κ2) is 7.40. The van der Waals surface area contributed by atoms with Crippen molar-refractivity contribution in [3.63, 3.8) is 0 Å². The highest BCUT2D eigenvalue weighted by Gasteiger charge is 2.26. The van der Waals surface area contributed by atoms with E-state index < -0.39 is 0 Å². The predicted octanol–water partition coefficient (Wildman–Crippen LogP) is 1.43. The first-order valence-electron chi connectivity index (χ1n) is 8.80. The molecule has 0 aromatic rings. The maximum Gasteiger partial charge on any atom is 0.0126 e. The van der Waals surface area contributed by atoms with Crippen LogP contribution >= 0.6 is 0 Å². The number of rotatable bonds is 4. The van der Waals surface area contributed by atoms with Gasteiger partial charge in [-0.25, -0.2) is 0 Å². The lowest BCUT2D eigenvalue weighted by Gasteiger charge is -2.43. The summed E-state index contributed by atoms with van der Waals surface area (Å²) in [5.41, 5.74) is 0.333. The van der Waals surface area contributed by atoms with Crippen LogP contribution in [0.15, 0.2) is 0 Å². The lowest BCUT2D eigenvalue weighted by atomic mass is 10.1. The van der Waals surface area contributed by atoms with Crippen LogP contribution in [0.25, 0.3) is 0 Å². The van der Waals surface area contributed by atoms with E-state index >= 15 is 0 Å². The monoisotopic (exact) mass is 296 g/mol. The molecule has 2 heterocycles. The van der Waals surface area contributed by atoms with Gasteiger partial charge in [-0.2, -0.15) is 0 Å². The van der Waals surface area contributed by atoms with E-state index in [1.54, 1.807) is 0 Å². The quantitative estimate of drug-likeness (QED) is 0.778. The highest BCUT2D eigenvalue weighted by atomic mass is 15.3. The summed E-state index contributed by atoms with van der Waals surface area (Å²) in [6.45, 7) is 24.0. The van der Waals surface area contributed by atoms with Crippen molar-refractivity contribution in [1.82, 2.24) is 19.6 Å². The summed E-state index contributed by atoms with van der Waals surface area (Å²) in [4.78, 5) is 10.5. The summed E-state index contributed by atoms with van der Waals surface area (Å²) in [6.07, 6.45) is 0. The van der Waals surface area contributed by atoms with E-state index in [9.17, 15) is 0 Å². The van der Waals surface area contributed by atoms with Crippen LogP contribution in [0.2, 0.25) is 0 Å². The first-order chi connectivity index (χ1) is 9.86. The molecule has 0 atom stereocenters. The Morgan fingerprint density at radius 2 is 1.14 bits per heavy atom. The van der Waals surface area contributed by atoms with Gasteiger partial charge in [0, 0.05) is 77.0 Å². The minimum atomic E-state index is 0.333. The van der Waals surface area contributed by atoms with Gasteiger partial charge in [0.2, 0.25) is 0 Å². The third-order valence-corrected chi connectivity index (χ3v) is 5.19. The van der Waals surface area contributed by atoms with Gasteiger partial charge in [-0.15, -0.1) is 0 Å². The third-order valence-electron chi connectivity index (χ3n) is 5.19. The maximum absolute atomic E-state index is 2.65. The summed E-state index contributed by atoms with van der Waals surface area (Å²) in [7, 11) is 0. The van der Waals surface area contributed by atoms with E-state index in [4.69, 9.17) is 0 Å². The molecule has 0 aromatic heterocycles. The Hall–Kier alpha value is -0.160. The zero-order valence-electron chi connectivity index (χ0n) is 14.9. The van der Waals surface area contributed by atoms with Crippen LogP contribution in [-0.2, 0) is 0 Å². The van der Waals surface area contributed by atoms with E-state index in [1.165, 1.54) is 65.4 Å². The Morgan fingerprint density at radius 3 is 1.52 bits per heavy atom. The molecule has 21 heavy (non-hydrogen) atoms. The summed E-state index contributed by atoms with van der Waals surface area (Å²) < 4.78 is 0. The Balaban J connectivity index is 1.62. The molecule has 2 aliphatic rings.